The maximum Gasteiger partial charge on any atom is 0.111 e. The molecule has 0 aromatic rings. The lowest BCUT2D eigenvalue weighted by atomic mass is 9.65. The Labute approximate surface area is 96.6 Å². The zero-order valence-corrected chi connectivity index (χ0v) is 9.83. The van der Waals surface area contributed by atoms with Crippen molar-refractivity contribution in [1.29, 1.82) is 5.26 Å². The molecule has 3 atom stereocenters. The lowest BCUT2D eigenvalue weighted by Gasteiger charge is -2.44. The molecule has 0 bridgehead atoms. The maximum absolute atomic E-state index is 10.7. The van der Waals surface area contributed by atoms with Gasteiger partial charge >= 0.3 is 0 Å². The molecule has 90 valence electrons. The summed E-state index contributed by atoms with van der Waals surface area (Å²) in [5.41, 5.74) is -1.66. The summed E-state index contributed by atoms with van der Waals surface area (Å²) in [6, 6.07) is 2.31. The van der Waals surface area contributed by atoms with E-state index in [9.17, 15) is 10.4 Å². The molecular formula is C12H20N2O2. The van der Waals surface area contributed by atoms with Crippen LogP contribution in [0.15, 0.2) is 0 Å². The minimum absolute atomic E-state index is 0.155. The van der Waals surface area contributed by atoms with Crippen LogP contribution in [0.1, 0.15) is 26.2 Å². The van der Waals surface area contributed by atoms with Crippen molar-refractivity contribution in [3.63, 3.8) is 0 Å². The Morgan fingerprint density at radius 2 is 2.44 bits per heavy atom. The summed E-state index contributed by atoms with van der Waals surface area (Å²) in [6.07, 6.45) is 2.71. The maximum atomic E-state index is 10.7. The van der Waals surface area contributed by atoms with Gasteiger partial charge in [-0.2, -0.15) is 5.26 Å². The molecule has 3 unspecified atom stereocenters. The van der Waals surface area contributed by atoms with Gasteiger partial charge in [-0.1, -0.05) is 0 Å². The van der Waals surface area contributed by atoms with Crippen LogP contribution in [-0.2, 0) is 4.74 Å². The monoisotopic (exact) mass is 224 g/mol. The predicted molar refractivity (Wildman–Crippen MR) is 59.7 cm³/mol. The normalized spacial score (nSPS) is 38.9. The van der Waals surface area contributed by atoms with E-state index in [0.717, 1.165) is 25.9 Å². The first-order chi connectivity index (χ1) is 7.62. The molecule has 2 fully saturated rings. The molecule has 0 amide bonds. The number of piperidine rings is 1. The molecule has 0 spiro atoms. The van der Waals surface area contributed by atoms with Crippen LogP contribution >= 0.6 is 0 Å². The standard InChI is InChI=1S/C12H20N2O2/c1-11(15,10-3-2-5-14-7-10)12(8-13)4-6-16-9-12/h10,14-15H,2-7,9H2,1H3. The third-order valence-corrected chi connectivity index (χ3v) is 4.30. The Morgan fingerprint density at radius 1 is 1.62 bits per heavy atom. The number of nitrogens with one attached hydrogen (secondary N) is 1. The van der Waals surface area contributed by atoms with Crippen molar-refractivity contribution in [2.75, 3.05) is 26.3 Å². The van der Waals surface area contributed by atoms with E-state index in [1.54, 1.807) is 0 Å². The van der Waals surface area contributed by atoms with Crippen molar-refractivity contribution < 1.29 is 9.84 Å². The van der Waals surface area contributed by atoms with Gasteiger partial charge in [0.05, 0.1) is 18.3 Å². The number of hydrogen-bond acceptors (Lipinski definition) is 4. The Morgan fingerprint density at radius 3 is 2.94 bits per heavy atom. The van der Waals surface area contributed by atoms with Crippen molar-refractivity contribution in [3.05, 3.63) is 0 Å². The van der Waals surface area contributed by atoms with Crippen molar-refractivity contribution >= 4 is 0 Å². The summed E-state index contributed by atoms with van der Waals surface area (Å²) in [7, 11) is 0. The van der Waals surface area contributed by atoms with Gasteiger partial charge in [0.25, 0.3) is 0 Å². The Hall–Kier alpha value is -0.630. The highest BCUT2D eigenvalue weighted by atomic mass is 16.5. The number of hydrogen-bond donors (Lipinski definition) is 2. The molecule has 0 saturated carbocycles. The van der Waals surface area contributed by atoms with E-state index < -0.39 is 11.0 Å². The zero-order valence-electron chi connectivity index (χ0n) is 9.83. The average Bonchev–Trinajstić information content (AvgIpc) is 2.80. The van der Waals surface area contributed by atoms with Crippen molar-refractivity contribution in [2.45, 2.75) is 31.8 Å². The topological polar surface area (TPSA) is 65.3 Å². The second kappa shape index (κ2) is 4.33. The fourth-order valence-corrected chi connectivity index (χ4v) is 2.89. The molecule has 0 aromatic heterocycles. The van der Waals surface area contributed by atoms with Gasteiger partial charge in [0.2, 0.25) is 0 Å². The van der Waals surface area contributed by atoms with Gasteiger partial charge in [-0.3, -0.25) is 0 Å². The molecule has 2 saturated heterocycles. The fourth-order valence-electron chi connectivity index (χ4n) is 2.89. The summed E-state index contributed by atoms with van der Waals surface area (Å²) >= 11 is 0. The van der Waals surface area contributed by atoms with Gasteiger partial charge in [0.1, 0.15) is 5.41 Å². The van der Waals surface area contributed by atoms with Gasteiger partial charge in [-0.25, -0.2) is 0 Å². The van der Waals surface area contributed by atoms with Crippen LogP contribution in [0, 0.1) is 22.7 Å². The van der Waals surface area contributed by atoms with Gasteiger partial charge in [-0.15, -0.1) is 0 Å². The lowest BCUT2D eigenvalue weighted by molar-refractivity contribution is -0.0937. The molecule has 0 aliphatic carbocycles. The number of nitriles is 1. The van der Waals surface area contributed by atoms with Crippen LogP contribution in [0.3, 0.4) is 0 Å². The van der Waals surface area contributed by atoms with Crippen molar-refractivity contribution in [3.8, 4) is 6.07 Å². The van der Waals surface area contributed by atoms with Crippen molar-refractivity contribution in [2.24, 2.45) is 11.3 Å². The lowest BCUT2D eigenvalue weighted by Crippen LogP contribution is -2.55. The van der Waals surface area contributed by atoms with Gasteiger partial charge < -0.3 is 15.2 Å². The molecule has 4 nitrogen and oxygen atoms in total. The van der Waals surface area contributed by atoms with Crippen LogP contribution in [-0.4, -0.2) is 37.0 Å². The van der Waals surface area contributed by atoms with E-state index in [1.807, 2.05) is 6.92 Å². The number of aliphatic hydroxyl groups is 1. The first-order valence-corrected chi connectivity index (χ1v) is 6.04. The number of ether oxygens (including phenoxy) is 1. The molecular weight excluding hydrogens is 204 g/mol. The third kappa shape index (κ3) is 1.73. The number of rotatable bonds is 2. The Kier molecular flexibility index (Phi) is 3.20. The SMILES string of the molecule is CC(O)(C1CCCNC1)C1(C#N)CCOC1. The van der Waals surface area contributed by atoms with E-state index in [1.165, 1.54) is 0 Å². The second-order valence-electron chi connectivity index (χ2n) is 5.19. The Bertz CT molecular complexity index is 284. The molecule has 2 aliphatic heterocycles. The van der Waals surface area contributed by atoms with Crippen molar-refractivity contribution in [1.82, 2.24) is 5.32 Å². The van der Waals surface area contributed by atoms with Gasteiger partial charge in [-0.05, 0) is 32.7 Å². The summed E-state index contributed by atoms with van der Waals surface area (Å²) in [5.74, 6) is 0.155. The molecule has 2 aliphatic rings. The van der Waals surface area contributed by atoms with E-state index in [4.69, 9.17) is 4.74 Å². The molecule has 0 radical (unpaired) electrons. The van der Waals surface area contributed by atoms with Crippen LogP contribution in [0.4, 0.5) is 0 Å². The fraction of sp³-hybridized carbons (Fsp3) is 0.917. The average molecular weight is 224 g/mol. The van der Waals surface area contributed by atoms with E-state index in [0.29, 0.717) is 19.6 Å². The van der Waals surface area contributed by atoms with Crippen LogP contribution in [0.5, 0.6) is 0 Å². The first kappa shape index (κ1) is 11.8. The second-order valence-corrected chi connectivity index (χ2v) is 5.19. The molecule has 16 heavy (non-hydrogen) atoms. The van der Waals surface area contributed by atoms with Crippen LogP contribution < -0.4 is 5.32 Å². The quantitative estimate of drug-likeness (QED) is 0.723. The zero-order chi connectivity index (χ0) is 11.6. The summed E-state index contributed by atoms with van der Waals surface area (Å²) in [5, 5.41) is 23.4. The van der Waals surface area contributed by atoms with E-state index in [2.05, 4.69) is 11.4 Å². The predicted octanol–water partition coefficient (Wildman–Crippen LogP) is 0.667. The summed E-state index contributed by atoms with van der Waals surface area (Å²) < 4.78 is 5.33. The third-order valence-electron chi connectivity index (χ3n) is 4.30. The largest absolute Gasteiger partial charge is 0.388 e. The van der Waals surface area contributed by atoms with E-state index >= 15 is 0 Å². The molecule has 2 rings (SSSR count). The highest BCUT2D eigenvalue weighted by molar-refractivity contribution is 5.14. The van der Waals surface area contributed by atoms with Crippen LogP contribution in [0.25, 0.3) is 0 Å². The Balaban J connectivity index is 2.18. The minimum Gasteiger partial charge on any atom is -0.388 e. The van der Waals surface area contributed by atoms with Gasteiger partial charge in [0, 0.05) is 19.1 Å². The summed E-state index contributed by atoms with van der Waals surface area (Å²) in [6.45, 7) is 4.58. The van der Waals surface area contributed by atoms with Crippen LogP contribution in [0.2, 0.25) is 0 Å². The number of nitrogens with zero attached hydrogens (tertiary/aromatic N) is 1. The van der Waals surface area contributed by atoms with E-state index in [-0.39, 0.29) is 5.92 Å². The molecule has 4 heteroatoms. The summed E-state index contributed by atoms with van der Waals surface area (Å²) in [4.78, 5) is 0. The molecule has 2 heterocycles. The molecule has 2 N–H and O–H groups in total. The van der Waals surface area contributed by atoms with Gasteiger partial charge in [0.15, 0.2) is 0 Å². The molecule has 0 aromatic carbocycles. The highest BCUT2D eigenvalue weighted by Gasteiger charge is 2.54. The highest BCUT2D eigenvalue weighted by Crippen LogP contribution is 2.44. The minimum atomic E-state index is -0.953. The smallest absolute Gasteiger partial charge is 0.111 e. The first-order valence-electron chi connectivity index (χ1n) is 6.04.